The molecular weight excluding hydrogens is 142 g/mol. The Labute approximate surface area is 69.0 Å². The molecule has 0 unspecified atom stereocenters. The van der Waals surface area contributed by atoms with Crippen LogP contribution in [0.5, 0.6) is 0 Å². The van der Waals surface area contributed by atoms with E-state index in [4.69, 9.17) is 9.84 Å². The SMILES string of the molecule is CCCOCCN(C)CCO. The van der Waals surface area contributed by atoms with Gasteiger partial charge in [-0.25, -0.2) is 0 Å². The summed E-state index contributed by atoms with van der Waals surface area (Å²) in [4.78, 5) is 2.05. The van der Waals surface area contributed by atoms with E-state index in [0.29, 0.717) is 0 Å². The van der Waals surface area contributed by atoms with Crippen molar-refractivity contribution < 1.29 is 9.84 Å². The van der Waals surface area contributed by atoms with Crippen LogP contribution in [0.1, 0.15) is 13.3 Å². The zero-order valence-electron chi connectivity index (χ0n) is 7.55. The highest BCUT2D eigenvalue weighted by atomic mass is 16.5. The monoisotopic (exact) mass is 161 g/mol. The number of aliphatic hydroxyl groups excluding tert-OH is 1. The Hall–Kier alpha value is -0.120. The quantitative estimate of drug-likeness (QED) is 0.546. The normalized spacial score (nSPS) is 10.9. The number of hydrogen-bond acceptors (Lipinski definition) is 3. The number of ether oxygens (including phenoxy) is 1. The average molecular weight is 161 g/mol. The van der Waals surface area contributed by atoms with Crippen molar-refractivity contribution in [2.24, 2.45) is 0 Å². The second-order valence-electron chi connectivity index (χ2n) is 2.64. The number of aliphatic hydroxyl groups is 1. The van der Waals surface area contributed by atoms with Crippen LogP contribution in [0.25, 0.3) is 0 Å². The standard InChI is InChI=1S/C8H19NO2/c1-3-7-11-8-5-9(2)4-6-10/h10H,3-8H2,1-2H3. The van der Waals surface area contributed by atoms with Crippen LogP contribution in [0.4, 0.5) is 0 Å². The first kappa shape index (κ1) is 10.9. The van der Waals surface area contributed by atoms with Gasteiger partial charge in [0, 0.05) is 19.7 Å². The van der Waals surface area contributed by atoms with Crippen molar-refractivity contribution in [1.82, 2.24) is 4.90 Å². The van der Waals surface area contributed by atoms with E-state index in [-0.39, 0.29) is 6.61 Å². The van der Waals surface area contributed by atoms with E-state index in [1.807, 2.05) is 7.05 Å². The van der Waals surface area contributed by atoms with Crippen LogP contribution in [0.3, 0.4) is 0 Å². The molecule has 0 atom stereocenters. The molecular formula is C8H19NO2. The molecule has 3 heteroatoms. The summed E-state index contributed by atoms with van der Waals surface area (Å²) in [5, 5.41) is 8.56. The molecule has 0 aromatic rings. The van der Waals surface area contributed by atoms with Gasteiger partial charge in [-0.05, 0) is 13.5 Å². The fourth-order valence-corrected chi connectivity index (χ4v) is 0.749. The van der Waals surface area contributed by atoms with Crippen molar-refractivity contribution in [2.45, 2.75) is 13.3 Å². The number of hydrogen-bond donors (Lipinski definition) is 1. The van der Waals surface area contributed by atoms with Gasteiger partial charge in [0.05, 0.1) is 13.2 Å². The van der Waals surface area contributed by atoms with Crippen LogP contribution >= 0.6 is 0 Å². The summed E-state index contributed by atoms with van der Waals surface area (Å²) in [5.41, 5.74) is 0. The third-order valence-electron chi connectivity index (χ3n) is 1.45. The lowest BCUT2D eigenvalue weighted by molar-refractivity contribution is 0.106. The minimum absolute atomic E-state index is 0.226. The Morgan fingerprint density at radius 3 is 2.55 bits per heavy atom. The Bertz CT molecular complexity index is 78.5. The van der Waals surface area contributed by atoms with E-state index in [1.54, 1.807) is 0 Å². The van der Waals surface area contributed by atoms with E-state index in [2.05, 4.69) is 11.8 Å². The molecule has 11 heavy (non-hydrogen) atoms. The van der Waals surface area contributed by atoms with Crippen LogP contribution in [0.15, 0.2) is 0 Å². The first-order valence-corrected chi connectivity index (χ1v) is 4.18. The van der Waals surface area contributed by atoms with E-state index in [0.717, 1.165) is 32.7 Å². The summed E-state index contributed by atoms with van der Waals surface area (Å²) in [7, 11) is 1.98. The van der Waals surface area contributed by atoms with Crippen LogP contribution in [-0.4, -0.2) is 50.0 Å². The third-order valence-corrected chi connectivity index (χ3v) is 1.45. The van der Waals surface area contributed by atoms with Gasteiger partial charge < -0.3 is 14.7 Å². The minimum Gasteiger partial charge on any atom is -0.395 e. The molecule has 0 aromatic carbocycles. The maximum absolute atomic E-state index is 8.56. The first-order chi connectivity index (χ1) is 5.31. The van der Waals surface area contributed by atoms with Gasteiger partial charge in [0.1, 0.15) is 0 Å². The summed E-state index contributed by atoms with van der Waals surface area (Å²) in [5.74, 6) is 0. The number of rotatable bonds is 7. The molecule has 1 N–H and O–H groups in total. The van der Waals surface area contributed by atoms with Crippen LogP contribution in [0, 0.1) is 0 Å². The van der Waals surface area contributed by atoms with Crippen LogP contribution in [0.2, 0.25) is 0 Å². The highest BCUT2D eigenvalue weighted by molar-refractivity contribution is 4.47. The molecule has 0 saturated carbocycles. The highest BCUT2D eigenvalue weighted by Gasteiger charge is 1.94. The number of likely N-dealkylation sites (N-methyl/N-ethyl adjacent to an activating group) is 1. The predicted octanol–water partition coefficient (Wildman–Crippen LogP) is 0.337. The van der Waals surface area contributed by atoms with Gasteiger partial charge in [-0.15, -0.1) is 0 Å². The first-order valence-electron chi connectivity index (χ1n) is 4.18. The molecule has 0 saturated heterocycles. The topological polar surface area (TPSA) is 32.7 Å². The fourth-order valence-electron chi connectivity index (χ4n) is 0.749. The zero-order chi connectivity index (χ0) is 8.53. The van der Waals surface area contributed by atoms with Crippen molar-refractivity contribution in [2.75, 3.05) is 40.0 Å². The summed E-state index contributed by atoms with van der Waals surface area (Å²) in [6, 6.07) is 0. The highest BCUT2D eigenvalue weighted by Crippen LogP contribution is 1.84. The van der Waals surface area contributed by atoms with E-state index < -0.39 is 0 Å². The smallest absolute Gasteiger partial charge is 0.0593 e. The molecule has 0 aromatic heterocycles. The fraction of sp³-hybridized carbons (Fsp3) is 1.00. The summed E-state index contributed by atoms with van der Waals surface area (Å²) < 4.78 is 5.28. The van der Waals surface area contributed by atoms with Gasteiger partial charge in [-0.3, -0.25) is 0 Å². The zero-order valence-corrected chi connectivity index (χ0v) is 7.55. The Morgan fingerprint density at radius 1 is 1.27 bits per heavy atom. The van der Waals surface area contributed by atoms with E-state index in [9.17, 15) is 0 Å². The predicted molar refractivity (Wildman–Crippen MR) is 45.7 cm³/mol. The van der Waals surface area contributed by atoms with Crippen LogP contribution < -0.4 is 0 Å². The lowest BCUT2D eigenvalue weighted by Crippen LogP contribution is -2.26. The van der Waals surface area contributed by atoms with E-state index >= 15 is 0 Å². The number of nitrogens with zero attached hydrogens (tertiary/aromatic N) is 1. The van der Waals surface area contributed by atoms with Gasteiger partial charge in [-0.1, -0.05) is 6.92 Å². The molecule has 0 aliphatic heterocycles. The molecule has 0 spiro atoms. The van der Waals surface area contributed by atoms with Crippen molar-refractivity contribution in [3.63, 3.8) is 0 Å². The van der Waals surface area contributed by atoms with Gasteiger partial charge in [0.2, 0.25) is 0 Å². The van der Waals surface area contributed by atoms with Crippen molar-refractivity contribution >= 4 is 0 Å². The molecule has 0 heterocycles. The molecule has 68 valence electrons. The molecule has 0 aliphatic rings. The van der Waals surface area contributed by atoms with E-state index in [1.165, 1.54) is 0 Å². The third kappa shape index (κ3) is 7.78. The molecule has 0 radical (unpaired) electrons. The lowest BCUT2D eigenvalue weighted by atomic mass is 10.5. The molecule has 0 amide bonds. The summed E-state index contributed by atoms with van der Waals surface area (Å²) in [6.45, 7) is 5.56. The van der Waals surface area contributed by atoms with Crippen LogP contribution in [-0.2, 0) is 4.74 Å². The molecule has 0 rings (SSSR count). The van der Waals surface area contributed by atoms with Crippen molar-refractivity contribution in [1.29, 1.82) is 0 Å². The van der Waals surface area contributed by atoms with Gasteiger partial charge in [0.25, 0.3) is 0 Å². The molecule has 0 bridgehead atoms. The Balaban J connectivity index is 2.97. The summed E-state index contributed by atoms with van der Waals surface area (Å²) in [6.07, 6.45) is 1.07. The Morgan fingerprint density at radius 2 is 2.00 bits per heavy atom. The Kier molecular flexibility index (Phi) is 7.89. The summed E-state index contributed by atoms with van der Waals surface area (Å²) >= 11 is 0. The van der Waals surface area contributed by atoms with Crippen molar-refractivity contribution in [3.05, 3.63) is 0 Å². The van der Waals surface area contributed by atoms with Crippen molar-refractivity contribution in [3.8, 4) is 0 Å². The minimum atomic E-state index is 0.226. The second-order valence-corrected chi connectivity index (χ2v) is 2.64. The lowest BCUT2D eigenvalue weighted by Gasteiger charge is -2.14. The second kappa shape index (κ2) is 7.98. The van der Waals surface area contributed by atoms with Gasteiger partial charge >= 0.3 is 0 Å². The average Bonchev–Trinajstić information content (AvgIpc) is 1.99. The van der Waals surface area contributed by atoms with Gasteiger partial charge in [-0.2, -0.15) is 0 Å². The molecule has 3 nitrogen and oxygen atoms in total. The maximum Gasteiger partial charge on any atom is 0.0593 e. The maximum atomic E-state index is 8.56. The largest absolute Gasteiger partial charge is 0.395 e. The molecule has 0 aliphatic carbocycles. The van der Waals surface area contributed by atoms with Gasteiger partial charge in [0.15, 0.2) is 0 Å². The molecule has 0 fully saturated rings.